The first-order chi connectivity index (χ1) is 8.14. The predicted octanol–water partition coefficient (Wildman–Crippen LogP) is -0.184. The maximum Gasteiger partial charge on any atom is 0.329 e. The van der Waals surface area contributed by atoms with Gasteiger partial charge in [0.1, 0.15) is 5.54 Å². The summed E-state index contributed by atoms with van der Waals surface area (Å²) < 4.78 is 5.13. The average Bonchev–Trinajstić information content (AvgIpc) is 2.33. The smallest absolute Gasteiger partial charge is 0.329 e. The van der Waals surface area contributed by atoms with Crippen molar-refractivity contribution in [2.24, 2.45) is 0 Å². The molecule has 0 radical (unpaired) electrons. The van der Waals surface area contributed by atoms with Gasteiger partial charge >= 0.3 is 5.97 Å². The number of hydrogen-bond donors (Lipinski definition) is 3. The van der Waals surface area contributed by atoms with Crippen molar-refractivity contribution in [1.29, 1.82) is 0 Å². The average molecular weight is 239 g/mol. The maximum atomic E-state index is 11.5. The standard InChI is InChI=1S/C10H13N3O4/c14-8-7(11-3-4-12-8)13-10(9(15)16)1-5-17-6-2-10/h3-4H,1-2,5-6H2,(H,11,13)(H,12,14)(H,15,16). The molecule has 92 valence electrons. The zero-order valence-corrected chi connectivity index (χ0v) is 9.10. The highest BCUT2D eigenvalue weighted by Gasteiger charge is 2.41. The predicted molar refractivity (Wildman–Crippen MR) is 58.9 cm³/mol. The van der Waals surface area contributed by atoms with E-state index >= 15 is 0 Å². The molecule has 1 aliphatic rings. The number of carbonyl (C=O) groups is 1. The molecule has 0 aliphatic carbocycles. The van der Waals surface area contributed by atoms with Gasteiger partial charge in [0.15, 0.2) is 5.82 Å². The Morgan fingerprint density at radius 3 is 2.82 bits per heavy atom. The Labute approximate surface area is 96.8 Å². The van der Waals surface area contributed by atoms with Gasteiger partial charge in [-0.05, 0) is 0 Å². The third-order valence-electron chi connectivity index (χ3n) is 2.82. The van der Waals surface area contributed by atoms with E-state index in [4.69, 9.17) is 4.74 Å². The van der Waals surface area contributed by atoms with Gasteiger partial charge in [0.05, 0.1) is 0 Å². The van der Waals surface area contributed by atoms with Gasteiger partial charge < -0.3 is 20.1 Å². The van der Waals surface area contributed by atoms with Gasteiger partial charge in [0.2, 0.25) is 0 Å². The minimum absolute atomic E-state index is 0.0248. The lowest BCUT2D eigenvalue weighted by Crippen LogP contribution is -2.51. The molecule has 7 nitrogen and oxygen atoms in total. The molecule has 2 rings (SSSR count). The molecular formula is C10H13N3O4. The van der Waals surface area contributed by atoms with Crippen LogP contribution in [0.3, 0.4) is 0 Å². The molecule has 0 bridgehead atoms. The molecule has 1 aromatic rings. The Morgan fingerprint density at radius 2 is 2.24 bits per heavy atom. The summed E-state index contributed by atoms with van der Waals surface area (Å²) in [5.74, 6) is -0.970. The molecule has 1 aromatic heterocycles. The number of hydrogen-bond acceptors (Lipinski definition) is 5. The molecular weight excluding hydrogens is 226 g/mol. The Balaban J connectivity index is 2.27. The van der Waals surface area contributed by atoms with E-state index in [1.54, 1.807) is 0 Å². The first-order valence-electron chi connectivity index (χ1n) is 5.27. The van der Waals surface area contributed by atoms with Crippen LogP contribution in [0.4, 0.5) is 5.82 Å². The molecule has 7 heteroatoms. The van der Waals surface area contributed by atoms with Crippen molar-refractivity contribution >= 4 is 11.8 Å². The first kappa shape index (κ1) is 11.6. The number of nitrogens with zero attached hydrogens (tertiary/aromatic N) is 1. The number of ether oxygens (including phenoxy) is 1. The molecule has 3 N–H and O–H groups in total. The van der Waals surface area contributed by atoms with E-state index in [1.807, 2.05) is 0 Å². The van der Waals surface area contributed by atoms with Crippen LogP contribution in [-0.4, -0.2) is 39.8 Å². The minimum atomic E-state index is -1.17. The van der Waals surface area contributed by atoms with E-state index in [9.17, 15) is 14.7 Å². The fraction of sp³-hybridized carbons (Fsp3) is 0.500. The van der Waals surface area contributed by atoms with E-state index in [-0.39, 0.29) is 5.82 Å². The minimum Gasteiger partial charge on any atom is -0.480 e. The van der Waals surface area contributed by atoms with E-state index in [2.05, 4.69) is 15.3 Å². The van der Waals surface area contributed by atoms with Crippen molar-refractivity contribution in [3.63, 3.8) is 0 Å². The number of carboxylic acid groups (broad SMARTS) is 1. The number of anilines is 1. The lowest BCUT2D eigenvalue weighted by Gasteiger charge is -2.33. The number of carboxylic acids is 1. The fourth-order valence-corrected chi connectivity index (χ4v) is 1.78. The Kier molecular flexibility index (Phi) is 3.10. The van der Waals surface area contributed by atoms with Crippen molar-refractivity contribution in [2.45, 2.75) is 18.4 Å². The van der Waals surface area contributed by atoms with Gasteiger partial charge in [-0.2, -0.15) is 0 Å². The van der Waals surface area contributed by atoms with E-state index in [1.165, 1.54) is 12.4 Å². The summed E-state index contributed by atoms with van der Waals surface area (Å²) in [6.45, 7) is 0.702. The summed E-state index contributed by atoms with van der Waals surface area (Å²) in [5.41, 5.74) is -1.60. The van der Waals surface area contributed by atoms with Crippen molar-refractivity contribution in [3.05, 3.63) is 22.7 Å². The normalized spacial score (nSPS) is 18.6. The van der Waals surface area contributed by atoms with Crippen molar-refractivity contribution in [3.8, 4) is 0 Å². The van der Waals surface area contributed by atoms with Crippen LogP contribution in [0.2, 0.25) is 0 Å². The fourth-order valence-electron chi connectivity index (χ4n) is 1.78. The molecule has 0 atom stereocenters. The van der Waals surface area contributed by atoms with Crippen molar-refractivity contribution < 1.29 is 14.6 Å². The van der Waals surface area contributed by atoms with Crippen LogP contribution in [-0.2, 0) is 9.53 Å². The number of aliphatic carboxylic acids is 1. The van der Waals surface area contributed by atoms with Gasteiger partial charge in [-0.25, -0.2) is 9.78 Å². The lowest BCUT2D eigenvalue weighted by atomic mass is 9.90. The maximum absolute atomic E-state index is 11.5. The SMILES string of the molecule is O=C(O)C1(Nc2ncc[nH]c2=O)CCOCC1. The summed E-state index contributed by atoms with van der Waals surface area (Å²) in [4.78, 5) is 29.1. The Hall–Kier alpha value is -1.89. The van der Waals surface area contributed by atoms with E-state index < -0.39 is 17.1 Å². The molecule has 17 heavy (non-hydrogen) atoms. The van der Waals surface area contributed by atoms with Crippen LogP contribution in [0.25, 0.3) is 0 Å². The van der Waals surface area contributed by atoms with Crippen LogP contribution in [0.15, 0.2) is 17.2 Å². The topological polar surface area (TPSA) is 104 Å². The van der Waals surface area contributed by atoms with Crippen LogP contribution in [0.5, 0.6) is 0 Å². The molecule has 0 saturated carbocycles. The monoisotopic (exact) mass is 239 g/mol. The zero-order chi connectivity index (χ0) is 12.3. The summed E-state index contributed by atoms with van der Waals surface area (Å²) in [5, 5.41) is 12.0. The zero-order valence-electron chi connectivity index (χ0n) is 9.10. The second-order valence-electron chi connectivity index (χ2n) is 3.89. The van der Waals surface area contributed by atoms with Crippen molar-refractivity contribution in [2.75, 3.05) is 18.5 Å². The molecule has 0 aromatic carbocycles. The summed E-state index contributed by atoms with van der Waals surface area (Å²) in [7, 11) is 0. The number of aromatic nitrogens is 2. The Bertz CT molecular complexity index is 465. The quantitative estimate of drug-likeness (QED) is 0.675. The summed E-state index contributed by atoms with van der Waals surface area (Å²) >= 11 is 0. The molecule has 0 unspecified atom stereocenters. The number of rotatable bonds is 3. The first-order valence-corrected chi connectivity index (χ1v) is 5.27. The van der Waals surface area contributed by atoms with Crippen LogP contribution in [0, 0.1) is 0 Å². The largest absolute Gasteiger partial charge is 0.480 e. The Morgan fingerprint density at radius 1 is 1.53 bits per heavy atom. The number of aromatic amines is 1. The number of nitrogens with one attached hydrogen (secondary N) is 2. The van der Waals surface area contributed by atoms with Gasteiger partial charge in [-0.3, -0.25) is 4.79 Å². The highest BCUT2D eigenvalue weighted by atomic mass is 16.5. The lowest BCUT2D eigenvalue weighted by molar-refractivity contribution is -0.145. The molecule has 2 heterocycles. The number of H-pyrrole nitrogens is 1. The van der Waals surface area contributed by atoms with Crippen LogP contribution < -0.4 is 10.9 Å². The second-order valence-corrected chi connectivity index (χ2v) is 3.89. The summed E-state index contributed by atoms with van der Waals surface area (Å²) in [6, 6.07) is 0. The molecule has 1 saturated heterocycles. The van der Waals surface area contributed by atoms with Crippen molar-refractivity contribution in [1.82, 2.24) is 9.97 Å². The van der Waals surface area contributed by atoms with Crippen LogP contribution >= 0.6 is 0 Å². The van der Waals surface area contributed by atoms with Gasteiger partial charge in [0.25, 0.3) is 5.56 Å². The molecule has 1 fully saturated rings. The van der Waals surface area contributed by atoms with Gasteiger partial charge in [0, 0.05) is 38.4 Å². The van der Waals surface area contributed by atoms with Gasteiger partial charge in [-0.15, -0.1) is 0 Å². The molecule has 1 aliphatic heterocycles. The second kappa shape index (κ2) is 4.54. The van der Waals surface area contributed by atoms with Gasteiger partial charge in [-0.1, -0.05) is 0 Å². The third kappa shape index (κ3) is 2.28. The third-order valence-corrected chi connectivity index (χ3v) is 2.82. The highest BCUT2D eigenvalue weighted by molar-refractivity contribution is 5.82. The van der Waals surface area contributed by atoms with Crippen LogP contribution in [0.1, 0.15) is 12.8 Å². The molecule has 0 amide bonds. The highest BCUT2D eigenvalue weighted by Crippen LogP contribution is 2.24. The summed E-state index contributed by atoms with van der Waals surface area (Å²) in [6.07, 6.45) is 3.40. The van der Waals surface area contributed by atoms with E-state index in [0.29, 0.717) is 26.1 Å². The van der Waals surface area contributed by atoms with E-state index in [0.717, 1.165) is 0 Å². The molecule has 0 spiro atoms.